The van der Waals surface area contributed by atoms with Crippen molar-refractivity contribution in [3.63, 3.8) is 0 Å². The van der Waals surface area contributed by atoms with Gasteiger partial charge < -0.3 is 0 Å². The van der Waals surface area contributed by atoms with E-state index in [1.165, 1.54) is 106 Å². The molecule has 0 N–H and O–H groups in total. The summed E-state index contributed by atoms with van der Waals surface area (Å²) < 4.78 is 0.240. The summed E-state index contributed by atoms with van der Waals surface area (Å²) in [6, 6.07) is 33.5. The molecule has 2 saturated carbocycles. The zero-order valence-corrected chi connectivity index (χ0v) is 44.4. The second kappa shape index (κ2) is 15.4. The van der Waals surface area contributed by atoms with Crippen molar-refractivity contribution >= 4 is 61.6 Å². The zero-order chi connectivity index (χ0) is 41.5. The normalized spacial score (nSPS) is 21.6. The van der Waals surface area contributed by atoms with Gasteiger partial charge in [0, 0.05) is 0 Å². The van der Waals surface area contributed by atoms with Crippen LogP contribution in [-0.2, 0) is 15.6 Å². The molecule has 0 aliphatic heterocycles. The topological polar surface area (TPSA) is 0 Å². The number of hydrogen-bond donors (Lipinski definition) is 0. The van der Waals surface area contributed by atoms with Gasteiger partial charge in [-0.1, -0.05) is 0 Å². The molecular formula is C52H69Cl2Si3Zr. The van der Waals surface area contributed by atoms with Gasteiger partial charge in [0.15, 0.2) is 0 Å². The van der Waals surface area contributed by atoms with Crippen LogP contribution in [0.4, 0.5) is 0 Å². The first kappa shape index (κ1) is 43.1. The number of halogens is 2. The predicted molar refractivity (Wildman–Crippen MR) is 264 cm³/mol. The van der Waals surface area contributed by atoms with Crippen molar-refractivity contribution in [2.24, 2.45) is 10.8 Å². The van der Waals surface area contributed by atoms with E-state index < -0.39 is 37.6 Å². The first-order valence-electron chi connectivity index (χ1n) is 22.8. The van der Waals surface area contributed by atoms with Crippen molar-refractivity contribution in [1.82, 2.24) is 0 Å². The van der Waals surface area contributed by atoms with Crippen molar-refractivity contribution in [2.45, 2.75) is 138 Å². The third-order valence-corrected chi connectivity index (χ3v) is 72.1. The molecule has 2 atom stereocenters. The summed E-state index contributed by atoms with van der Waals surface area (Å²) in [4.78, 5) is 0. The molecule has 2 unspecified atom stereocenters. The number of allylic oxidation sites excluding steroid dienone is 2. The van der Waals surface area contributed by atoms with E-state index >= 15 is 0 Å². The molecule has 0 saturated heterocycles. The fraction of sp³-hybridized carbons (Fsp3) is 0.462. The number of hydrogen-bond acceptors (Lipinski definition) is 0. The Morgan fingerprint density at radius 3 is 1.21 bits per heavy atom. The summed E-state index contributed by atoms with van der Waals surface area (Å²) in [5.74, 6) is -1.71. The molecule has 0 amide bonds. The van der Waals surface area contributed by atoms with Crippen molar-refractivity contribution in [1.29, 1.82) is 0 Å². The monoisotopic (exact) mass is 937 g/mol. The average Bonchev–Trinajstić information content (AvgIpc) is 3.73. The van der Waals surface area contributed by atoms with Crippen LogP contribution >= 0.6 is 17.0 Å². The zero-order valence-electron chi connectivity index (χ0n) is 37.3. The molecule has 0 spiro atoms. The minimum absolute atomic E-state index is 0.120. The van der Waals surface area contributed by atoms with Crippen molar-refractivity contribution in [2.75, 3.05) is 0 Å². The van der Waals surface area contributed by atoms with E-state index in [-0.39, 0.29) is 7.25 Å². The second-order valence-corrected chi connectivity index (χ2v) is 74.4. The van der Waals surface area contributed by atoms with Crippen LogP contribution in [-0.4, -0.2) is 22.1 Å². The Bertz CT molecular complexity index is 2100. The fourth-order valence-electron chi connectivity index (χ4n) is 11.7. The van der Waals surface area contributed by atoms with Crippen LogP contribution in [0.3, 0.4) is 0 Å². The standard InChI is InChI=1S/2C25H31Si.C2H7Si.2ClH.Zr/c2*1-5-25(14-7-15-25)18-19-16-21-8-6-9-23(24(21)17-19)20-10-12-22(13-11-20)26(2,3)4;1-3-2;;;/h2*6,8-13,16-17H,5,7,14-15,18H2,1-4H3;3H,1-2H3;2*1H;/q;;;;;+2/p-2. The molecule has 8 rings (SSSR count). The Labute approximate surface area is 363 Å². The van der Waals surface area contributed by atoms with Gasteiger partial charge in [-0.3, -0.25) is 0 Å². The van der Waals surface area contributed by atoms with Crippen LogP contribution in [0.5, 0.6) is 0 Å². The Morgan fingerprint density at radius 2 is 0.931 bits per heavy atom. The van der Waals surface area contributed by atoms with Crippen LogP contribution in [0.2, 0.25) is 52.4 Å². The van der Waals surface area contributed by atoms with Crippen LogP contribution in [0.25, 0.3) is 34.4 Å². The maximum atomic E-state index is 9.16. The van der Waals surface area contributed by atoms with Crippen molar-refractivity contribution < 1.29 is 15.6 Å². The average molecular weight is 941 g/mol. The Balaban J connectivity index is 1.33. The van der Waals surface area contributed by atoms with E-state index in [2.05, 4.69) is 163 Å². The van der Waals surface area contributed by atoms with Gasteiger partial charge in [-0.15, -0.1) is 0 Å². The summed E-state index contributed by atoms with van der Waals surface area (Å²) in [5, 5.41) is 3.02. The molecule has 307 valence electrons. The molecule has 0 heterocycles. The Morgan fingerprint density at radius 1 is 0.569 bits per heavy atom. The van der Waals surface area contributed by atoms with Crippen LogP contribution in [0.1, 0.15) is 108 Å². The molecule has 4 aliphatic carbocycles. The molecule has 58 heavy (non-hydrogen) atoms. The first-order valence-corrected chi connectivity index (χ1v) is 46.1. The maximum absolute atomic E-state index is 9.16. The fourth-order valence-corrected chi connectivity index (χ4v) is 45.3. The van der Waals surface area contributed by atoms with Gasteiger partial charge >= 0.3 is 366 Å². The summed E-state index contributed by atoms with van der Waals surface area (Å²) in [7, 11) is 15.5. The van der Waals surface area contributed by atoms with E-state index in [0.29, 0.717) is 10.8 Å². The van der Waals surface area contributed by atoms with Crippen LogP contribution in [0.15, 0.2) is 96.1 Å². The third-order valence-electron chi connectivity index (χ3n) is 16.1. The summed E-state index contributed by atoms with van der Waals surface area (Å²) in [5.41, 5.74) is 14.9. The Kier molecular flexibility index (Phi) is 11.4. The van der Waals surface area contributed by atoms with Crippen LogP contribution < -0.4 is 10.4 Å². The van der Waals surface area contributed by atoms with Crippen molar-refractivity contribution in [3.8, 4) is 22.3 Å². The predicted octanol–water partition coefficient (Wildman–Crippen LogP) is 15.6. The van der Waals surface area contributed by atoms with Crippen LogP contribution in [0, 0.1) is 10.8 Å². The van der Waals surface area contributed by atoms with Gasteiger partial charge in [0.1, 0.15) is 0 Å². The van der Waals surface area contributed by atoms with Gasteiger partial charge in [-0.25, -0.2) is 0 Å². The summed E-state index contributed by atoms with van der Waals surface area (Å²) in [6.07, 6.45) is 17.9. The molecule has 2 fully saturated rings. The number of benzene rings is 4. The minimum atomic E-state index is -5.03. The van der Waals surface area contributed by atoms with E-state index in [0.717, 1.165) is 12.8 Å². The molecule has 0 aromatic heterocycles. The molecule has 0 bridgehead atoms. The number of rotatable bonds is 13. The van der Waals surface area contributed by atoms with Gasteiger partial charge in [0.05, 0.1) is 0 Å². The van der Waals surface area contributed by atoms with Gasteiger partial charge in [-0.05, 0) is 0 Å². The molecule has 6 heteroatoms. The van der Waals surface area contributed by atoms with Gasteiger partial charge in [-0.2, -0.15) is 0 Å². The van der Waals surface area contributed by atoms with E-state index in [9.17, 15) is 0 Å². The summed E-state index contributed by atoms with van der Waals surface area (Å²) in [6.45, 7) is 24.6. The molecule has 0 radical (unpaired) electrons. The van der Waals surface area contributed by atoms with E-state index in [1.54, 1.807) is 11.1 Å². The molecule has 4 aliphatic rings. The summed E-state index contributed by atoms with van der Waals surface area (Å²) >= 11 is -5.03. The van der Waals surface area contributed by atoms with E-state index in [4.69, 9.17) is 17.0 Å². The second-order valence-electron chi connectivity index (χ2n) is 21.7. The molecule has 4 aromatic rings. The molecular weight excluding hydrogens is 871 g/mol. The van der Waals surface area contributed by atoms with Crippen molar-refractivity contribution in [3.05, 3.63) is 118 Å². The third kappa shape index (κ3) is 7.26. The SMILES string of the molecule is CCC1(CC2=Cc3c(-c4ccc([Si](C)(C)C)cc4)cccc3[CH]2[Zr]([Cl])([Cl])([CH]2C(CC3(CC)CCC3)=Cc3c(-c4ccc([Si](C)(C)C)cc4)cccc32)[SiH](C)C)CCC1. The first-order chi connectivity index (χ1) is 27.3. The molecule has 0 nitrogen and oxygen atoms in total. The van der Waals surface area contributed by atoms with E-state index in [1.807, 2.05) is 0 Å². The number of fused-ring (bicyclic) bond motifs is 2. The quantitative estimate of drug-likeness (QED) is 0.117. The van der Waals surface area contributed by atoms with Gasteiger partial charge in [0.2, 0.25) is 0 Å². The Hall–Kier alpha value is -1.53. The molecule has 4 aromatic carbocycles. The van der Waals surface area contributed by atoms with Gasteiger partial charge in [0.25, 0.3) is 0 Å².